The van der Waals surface area contributed by atoms with Crippen molar-refractivity contribution in [3.05, 3.63) is 35.9 Å². The van der Waals surface area contributed by atoms with Gasteiger partial charge in [-0.15, -0.1) is 0 Å². The number of rotatable bonds is 8. The van der Waals surface area contributed by atoms with Gasteiger partial charge in [-0.25, -0.2) is 0 Å². The van der Waals surface area contributed by atoms with Gasteiger partial charge in [0.25, 0.3) is 0 Å². The molecule has 1 rings (SSSR count). The van der Waals surface area contributed by atoms with Crippen LogP contribution in [0.4, 0.5) is 0 Å². The van der Waals surface area contributed by atoms with Gasteiger partial charge in [-0.1, -0.05) is 57.5 Å². The lowest BCUT2D eigenvalue weighted by molar-refractivity contribution is 0.00210. The molecule has 0 fully saturated rings. The van der Waals surface area contributed by atoms with E-state index in [1.165, 1.54) is 5.56 Å². The number of aliphatic hydroxyl groups excluding tert-OH is 1. The highest BCUT2D eigenvalue weighted by atomic mass is 16.5. The van der Waals surface area contributed by atoms with Crippen molar-refractivity contribution in [2.24, 2.45) is 11.8 Å². The molecule has 0 aromatic heterocycles. The van der Waals surface area contributed by atoms with Crippen LogP contribution in [0, 0.1) is 11.8 Å². The van der Waals surface area contributed by atoms with Gasteiger partial charge in [0.2, 0.25) is 0 Å². The molecule has 0 saturated carbocycles. The van der Waals surface area contributed by atoms with Crippen molar-refractivity contribution in [2.75, 3.05) is 6.61 Å². The van der Waals surface area contributed by atoms with Crippen LogP contribution in [0.2, 0.25) is 0 Å². The normalized spacial score (nSPS) is 16.2. The van der Waals surface area contributed by atoms with Gasteiger partial charge in [0.15, 0.2) is 0 Å². The summed E-state index contributed by atoms with van der Waals surface area (Å²) in [5, 5.41) is 10.1. The minimum atomic E-state index is -0.263. The third kappa shape index (κ3) is 5.19. The molecule has 1 aromatic carbocycles. The first-order chi connectivity index (χ1) is 8.65. The molecule has 1 aromatic rings. The molecule has 0 aliphatic rings. The summed E-state index contributed by atoms with van der Waals surface area (Å²) in [6.07, 6.45) is 1.93. The van der Waals surface area contributed by atoms with Gasteiger partial charge in [0, 0.05) is 5.92 Å². The summed E-state index contributed by atoms with van der Waals surface area (Å²) in [6.45, 7) is 7.56. The molecule has 18 heavy (non-hydrogen) atoms. The smallest absolute Gasteiger partial charge is 0.0717 e. The molecule has 102 valence electrons. The van der Waals surface area contributed by atoms with Crippen LogP contribution in [0.5, 0.6) is 0 Å². The topological polar surface area (TPSA) is 29.5 Å². The Morgan fingerprint density at radius 1 is 1.11 bits per heavy atom. The molecule has 0 amide bonds. The van der Waals surface area contributed by atoms with Crippen LogP contribution in [0.1, 0.15) is 39.2 Å². The molecule has 2 heteroatoms. The third-order valence-corrected chi connectivity index (χ3v) is 3.40. The Labute approximate surface area is 111 Å². The van der Waals surface area contributed by atoms with E-state index in [2.05, 4.69) is 32.9 Å². The minimum absolute atomic E-state index is 0.190. The fourth-order valence-electron chi connectivity index (χ4n) is 2.22. The maximum absolute atomic E-state index is 10.1. The Morgan fingerprint density at radius 2 is 1.78 bits per heavy atom. The first-order valence-electron chi connectivity index (χ1n) is 6.94. The lowest BCUT2D eigenvalue weighted by Crippen LogP contribution is -2.28. The van der Waals surface area contributed by atoms with E-state index in [4.69, 9.17) is 4.74 Å². The van der Waals surface area contributed by atoms with Crippen LogP contribution in [0.3, 0.4) is 0 Å². The molecular formula is C16H26O2. The van der Waals surface area contributed by atoms with Crippen LogP contribution < -0.4 is 0 Å². The zero-order valence-electron chi connectivity index (χ0n) is 11.8. The van der Waals surface area contributed by atoms with Crippen molar-refractivity contribution in [3.63, 3.8) is 0 Å². The Bertz CT molecular complexity index is 310. The summed E-state index contributed by atoms with van der Waals surface area (Å²) < 4.78 is 5.67. The largest absolute Gasteiger partial charge is 0.392 e. The molecule has 2 nitrogen and oxygen atoms in total. The molecule has 1 N–H and O–H groups in total. The molecule has 3 atom stereocenters. The monoisotopic (exact) mass is 250 g/mol. The van der Waals surface area contributed by atoms with E-state index in [9.17, 15) is 5.11 Å². The minimum Gasteiger partial charge on any atom is -0.392 e. The molecule has 0 heterocycles. The van der Waals surface area contributed by atoms with Crippen molar-refractivity contribution < 1.29 is 9.84 Å². The van der Waals surface area contributed by atoms with Crippen molar-refractivity contribution in [1.29, 1.82) is 0 Å². The van der Waals surface area contributed by atoms with Crippen LogP contribution >= 0.6 is 0 Å². The molecule has 0 radical (unpaired) electrons. The van der Waals surface area contributed by atoms with E-state index >= 15 is 0 Å². The van der Waals surface area contributed by atoms with E-state index in [1.807, 2.05) is 18.2 Å². The zero-order chi connectivity index (χ0) is 13.4. The van der Waals surface area contributed by atoms with E-state index in [-0.39, 0.29) is 12.0 Å². The summed E-state index contributed by atoms with van der Waals surface area (Å²) in [5.74, 6) is 0.542. The van der Waals surface area contributed by atoms with Gasteiger partial charge in [0.1, 0.15) is 0 Å². The molecule has 0 saturated heterocycles. The maximum atomic E-state index is 10.1. The summed E-state index contributed by atoms with van der Waals surface area (Å²) in [4.78, 5) is 0. The van der Waals surface area contributed by atoms with E-state index in [1.54, 1.807) is 0 Å². The summed E-state index contributed by atoms with van der Waals surface area (Å²) in [5.41, 5.74) is 1.18. The highest BCUT2D eigenvalue weighted by Gasteiger charge is 2.20. The molecule has 0 spiro atoms. The molecule has 0 aliphatic carbocycles. The standard InChI is InChI=1S/C16H26O2/c1-4-8-13(2)16(17)14(3)11-18-12-15-9-6-5-7-10-15/h5-7,9-10,13-14,16-17H,4,8,11-12H2,1-3H3/t13-,14-,16+/m1/s1. The average Bonchev–Trinajstić information content (AvgIpc) is 2.39. The number of hydrogen-bond donors (Lipinski definition) is 1. The first kappa shape index (κ1) is 15.2. The second-order valence-electron chi connectivity index (χ2n) is 5.23. The lowest BCUT2D eigenvalue weighted by Gasteiger charge is -2.24. The van der Waals surface area contributed by atoms with Crippen LogP contribution in [-0.2, 0) is 11.3 Å². The quantitative estimate of drug-likeness (QED) is 0.763. The van der Waals surface area contributed by atoms with Crippen LogP contribution in [0.25, 0.3) is 0 Å². The second kappa shape index (κ2) is 8.28. The predicted octanol–water partition coefficient (Wildman–Crippen LogP) is 3.64. The van der Waals surface area contributed by atoms with Crippen molar-refractivity contribution in [1.82, 2.24) is 0 Å². The first-order valence-corrected chi connectivity index (χ1v) is 6.94. The molecule has 0 bridgehead atoms. The number of ether oxygens (including phenoxy) is 1. The van der Waals surface area contributed by atoms with Gasteiger partial charge < -0.3 is 9.84 Å². The number of aliphatic hydroxyl groups is 1. The predicted molar refractivity (Wildman–Crippen MR) is 75.3 cm³/mol. The molecule has 0 aliphatic heterocycles. The van der Waals surface area contributed by atoms with Crippen molar-refractivity contribution in [2.45, 2.75) is 46.3 Å². The van der Waals surface area contributed by atoms with Crippen LogP contribution in [-0.4, -0.2) is 17.8 Å². The van der Waals surface area contributed by atoms with Gasteiger partial charge in [-0.05, 0) is 17.9 Å². The van der Waals surface area contributed by atoms with E-state index in [0.717, 1.165) is 12.8 Å². The highest BCUT2D eigenvalue weighted by Crippen LogP contribution is 2.18. The van der Waals surface area contributed by atoms with E-state index in [0.29, 0.717) is 19.1 Å². The van der Waals surface area contributed by atoms with Gasteiger partial charge in [0.05, 0.1) is 19.3 Å². The molecule has 0 unspecified atom stereocenters. The SMILES string of the molecule is CCC[C@@H](C)[C@H](O)[C@H](C)COCc1ccccc1. The Balaban J connectivity index is 2.26. The fraction of sp³-hybridized carbons (Fsp3) is 0.625. The molecular weight excluding hydrogens is 224 g/mol. The summed E-state index contributed by atoms with van der Waals surface area (Å²) in [6, 6.07) is 10.1. The van der Waals surface area contributed by atoms with E-state index < -0.39 is 0 Å². The van der Waals surface area contributed by atoms with Crippen LogP contribution in [0.15, 0.2) is 30.3 Å². The van der Waals surface area contributed by atoms with Gasteiger partial charge in [-0.2, -0.15) is 0 Å². The van der Waals surface area contributed by atoms with Gasteiger partial charge >= 0.3 is 0 Å². The Kier molecular flexibility index (Phi) is 6.99. The van der Waals surface area contributed by atoms with Gasteiger partial charge in [-0.3, -0.25) is 0 Å². The number of benzene rings is 1. The average molecular weight is 250 g/mol. The van der Waals surface area contributed by atoms with Crippen molar-refractivity contribution in [3.8, 4) is 0 Å². The number of hydrogen-bond acceptors (Lipinski definition) is 2. The maximum Gasteiger partial charge on any atom is 0.0717 e. The highest BCUT2D eigenvalue weighted by molar-refractivity contribution is 5.13. The third-order valence-electron chi connectivity index (χ3n) is 3.40. The van der Waals surface area contributed by atoms with Crippen molar-refractivity contribution >= 4 is 0 Å². The zero-order valence-corrected chi connectivity index (χ0v) is 11.8. The summed E-state index contributed by atoms with van der Waals surface area (Å²) >= 11 is 0. The fourth-order valence-corrected chi connectivity index (χ4v) is 2.22. The summed E-state index contributed by atoms with van der Waals surface area (Å²) in [7, 11) is 0. The Hall–Kier alpha value is -0.860. The lowest BCUT2D eigenvalue weighted by atomic mass is 9.91. The Morgan fingerprint density at radius 3 is 2.39 bits per heavy atom. The second-order valence-corrected chi connectivity index (χ2v) is 5.23.